The lowest BCUT2D eigenvalue weighted by Crippen LogP contribution is -2.43. The molecule has 0 bridgehead atoms. The van der Waals surface area contributed by atoms with Gasteiger partial charge < -0.3 is 14.5 Å². The molecule has 1 amide bonds. The highest BCUT2D eigenvalue weighted by molar-refractivity contribution is 7.91. The Bertz CT molecular complexity index is 955. The van der Waals surface area contributed by atoms with Gasteiger partial charge in [0.1, 0.15) is 5.75 Å². The van der Waals surface area contributed by atoms with Gasteiger partial charge in [0.05, 0.1) is 11.5 Å². The zero-order valence-electron chi connectivity index (χ0n) is 17.2. The molecule has 1 fully saturated rings. The molecule has 1 heterocycles. The lowest BCUT2D eigenvalue weighted by molar-refractivity contribution is -0.136. The van der Waals surface area contributed by atoms with Crippen LogP contribution < -0.4 is 9.64 Å². The lowest BCUT2D eigenvalue weighted by Gasteiger charge is -2.28. The van der Waals surface area contributed by atoms with E-state index in [2.05, 4.69) is 0 Å². The van der Waals surface area contributed by atoms with Crippen LogP contribution in [0.15, 0.2) is 48.5 Å². The topological polar surface area (TPSA) is 66.9 Å². The predicted molar refractivity (Wildman–Crippen MR) is 115 cm³/mol. The Morgan fingerprint density at radius 1 is 1.14 bits per heavy atom. The fraction of sp³-hybridized carbons (Fsp3) is 0.409. The molecule has 1 saturated heterocycles. The summed E-state index contributed by atoms with van der Waals surface area (Å²) in [5.41, 5.74) is 3.08. The molecule has 0 unspecified atom stereocenters. The van der Waals surface area contributed by atoms with Crippen molar-refractivity contribution in [1.29, 1.82) is 0 Å². The maximum atomic E-state index is 13.0. The summed E-state index contributed by atoms with van der Waals surface area (Å²) in [7, 11) is 0.840. The van der Waals surface area contributed by atoms with Gasteiger partial charge in [-0.2, -0.15) is 0 Å². The third-order valence-electron chi connectivity index (χ3n) is 5.13. The van der Waals surface area contributed by atoms with Crippen molar-refractivity contribution in [3.8, 4) is 5.75 Å². The number of ether oxygens (including phenoxy) is 1. The van der Waals surface area contributed by atoms with Gasteiger partial charge in [-0.05, 0) is 48.7 Å². The second-order valence-electron chi connectivity index (χ2n) is 7.74. The van der Waals surface area contributed by atoms with Gasteiger partial charge in [0.25, 0.3) is 5.91 Å². The fourth-order valence-corrected chi connectivity index (χ4v) is 5.20. The zero-order chi connectivity index (χ0) is 21.0. The molecule has 0 spiro atoms. The van der Waals surface area contributed by atoms with Gasteiger partial charge in [0.15, 0.2) is 16.4 Å². The average molecular weight is 417 g/mol. The third kappa shape index (κ3) is 5.73. The van der Waals surface area contributed by atoms with E-state index < -0.39 is 9.84 Å². The van der Waals surface area contributed by atoms with E-state index in [-0.39, 0.29) is 30.1 Å². The number of hydrogen-bond acceptors (Lipinski definition) is 5. The van der Waals surface area contributed by atoms with Gasteiger partial charge in [-0.15, -0.1) is 0 Å². The van der Waals surface area contributed by atoms with Crippen LogP contribution in [0.3, 0.4) is 0 Å². The smallest absolute Gasteiger partial charge is 0.261 e. The van der Waals surface area contributed by atoms with E-state index in [9.17, 15) is 13.2 Å². The number of hydrogen-bond donors (Lipinski definition) is 0. The minimum atomic E-state index is -3.10. The summed E-state index contributed by atoms with van der Waals surface area (Å²) in [6.07, 6.45) is 0.467. The first-order chi connectivity index (χ1) is 13.7. The third-order valence-corrected chi connectivity index (χ3v) is 6.88. The van der Waals surface area contributed by atoms with Gasteiger partial charge in [-0.1, -0.05) is 24.3 Å². The summed E-state index contributed by atoms with van der Waals surface area (Å²) < 4.78 is 29.6. The van der Waals surface area contributed by atoms with E-state index in [1.165, 1.54) is 0 Å². The normalized spacial score (nSPS) is 17.7. The van der Waals surface area contributed by atoms with Gasteiger partial charge in [-0.25, -0.2) is 8.42 Å². The van der Waals surface area contributed by atoms with Crippen molar-refractivity contribution in [2.75, 3.05) is 37.1 Å². The van der Waals surface area contributed by atoms with Crippen molar-refractivity contribution in [3.05, 3.63) is 59.7 Å². The van der Waals surface area contributed by atoms with E-state index in [0.29, 0.717) is 18.7 Å². The number of sulfone groups is 1. The number of rotatable bonds is 7. The van der Waals surface area contributed by atoms with E-state index in [1.807, 2.05) is 74.4 Å². The molecule has 7 heteroatoms. The van der Waals surface area contributed by atoms with E-state index >= 15 is 0 Å². The van der Waals surface area contributed by atoms with Crippen LogP contribution in [-0.2, 0) is 21.2 Å². The SMILES string of the molecule is Cc1cccc(OCC(=O)N(Cc2ccc(N(C)C)cc2)[C@@H]2CCS(=O)(=O)C2)c1. The van der Waals surface area contributed by atoms with E-state index in [1.54, 1.807) is 4.90 Å². The van der Waals surface area contributed by atoms with Crippen molar-refractivity contribution in [1.82, 2.24) is 4.90 Å². The highest BCUT2D eigenvalue weighted by Gasteiger charge is 2.34. The second-order valence-corrected chi connectivity index (χ2v) is 9.97. The molecule has 156 valence electrons. The zero-order valence-corrected chi connectivity index (χ0v) is 18.0. The number of nitrogens with zero attached hydrogens (tertiary/aromatic N) is 2. The highest BCUT2D eigenvalue weighted by atomic mass is 32.2. The molecule has 0 aliphatic carbocycles. The Hall–Kier alpha value is -2.54. The maximum Gasteiger partial charge on any atom is 0.261 e. The molecule has 3 rings (SSSR count). The maximum absolute atomic E-state index is 13.0. The minimum absolute atomic E-state index is 0.0129. The first kappa shape index (κ1) is 21.2. The van der Waals surface area contributed by atoms with Gasteiger partial charge in [0.2, 0.25) is 0 Å². The van der Waals surface area contributed by atoms with Crippen molar-refractivity contribution in [2.24, 2.45) is 0 Å². The molecule has 1 atom stereocenters. The van der Waals surface area contributed by atoms with Crippen molar-refractivity contribution in [3.63, 3.8) is 0 Å². The lowest BCUT2D eigenvalue weighted by atomic mass is 10.1. The summed E-state index contributed by atoms with van der Waals surface area (Å²) in [4.78, 5) is 16.6. The predicted octanol–water partition coefficient (Wildman–Crippen LogP) is 2.66. The molecule has 29 heavy (non-hydrogen) atoms. The molecule has 0 saturated carbocycles. The molecule has 0 N–H and O–H groups in total. The van der Waals surface area contributed by atoms with Crippen LogP contribution in [0, 0.1) is 6.92 Å². The number of anilines is 1. The number of carbonyl (C=O) groups excluding carboxylic acids is 1. The number of carbonyl (C=O) groups is 1. The van der Waals surface area contributed by atoms with Crippen LogP contribution in [0.2, 0.25) is 0 Å². The van der Waals surface area contributed by atoms with Gasteiger partial charge >= 0.3 is 0 Å². The van der Waals surface area contributed by atoms with E-state index in [4.69, 9.17) is 4.74 Å². The molecule has 0 aromatic heterocycles. The van der Waals surface area contributed by atoms with Crippen LogP contribution in [0.25, 0.3) is 0 Å². The van der Waals surface area contributed by atoms with Crippen LogP contribution in [0.5, 0.6) is 5.75 Å². The second kappa shape index (κ2) is 8.86. The summed E-state index contributed by atoms with van der Waals surface area (Å²) >= 11 is 0. The Balaban J connectivity index is 1.74. The molecule has 2 aromatic carbocycles. The summed E-state index contributed by atoms with van der Waals surface area (Å²) in [6, 6.07) is 15.1. The quantitative estimate of drug-likeness (QED) is 0.694. The number of aryl methyl sites for hydroxylation is 1. The van der Waals surface area contributed by atoms with Crippen LogP contribution in [0.1, 0.15) is 17.5 Å². The van der Waals surface area contributed by atoms with Gasteiger partial charge in [-0.3, -0.25) is 4.79 Å². The van der Waals surface area contributed by atoms with Crippen LogP contribution >= 0.6 is 0 Å². The molecule has 1 aliphatic rings. The Labute approximate surface area is 173 Å². The first-order valence-electron chi connectivity index (χ1n) is 9.69. The Kier molecular flexibility index (Phi) is 6.47. The first-order valence-corrected chi connectivity index (χ1v) is 11.5. The molecular formula is C22H28N2O4S. The Morgan fingerprint density at radius 3 is 2.45 bits per heavy atom. The molecule has 2 aromatic rings. The highest BCUT2D eigenvalue weighted by Crippen LogP contribution is 2.22. The fourth-order valence-electron chi connectivity index (χ4n) is 3.47. The molecule has 1 aliphatic heterocycles. The molecular weight excluding hydrogens is 388 g/mol. The largest absolute Gasteiger partial charge is 0.484 e. The molecule has 0 radical (unpaired) electrons. The van der Waals surface area contributed by atoms with Crippen molar-refractivity contribution >= 4 is 21.4 Å². The van der Waals surface area contributed by atoms with Gasteiger partial charge in [0, 0.05) is 32.4 Å². The van der Waals surface area contributed by atoms with Crippen LogP contribution in [-0.4, -0.2) is 57.5 Å². The minimum Gasteiger partial charge on any atom is -0.484 e. The van der Waals surface area contributed by atoms with Crippen molar-refractivity contribution < 1.29 is 17.9 Å². The van der Waals surface area contributed by atoms with Crippen LogP contribution in [0.4, 0.5) is 5.69 Å². The number of benzene rings is 2. The number of amides is 1. The average Bonchev–Trinajstić information content (AvgIpc) is 3.04. The Morgan fingerprint density at radius 2 is 1.86 bits per heavy atom. The van der Waals surface area contributed by atoms with E-state index in [0.717, 1.165) is 16.8 Å². The summed E-state index contributed by atoms with van der Waals surface area (Å²) in [6.45, 7) is 2.21. The molecule has 6 nitrogen and oxygen atoms in total. The standard InChI is InChI=1S/C22H28N2O4S/c1-17-5-4-6-21(13-17)28-15-22(25)24(20-11-12-29(26,27)16-20)14-18-7-9-19(10-8-18)23(2)3/h4-10,13,20H,11-12,14-16H2,1-3H3/t20-/m1/s1. The summed E-state index contributed by atoms with van der Waals surface area (Å²) in [5, 5.41) is 0. The summed E-state index contributed by atoms with van der Waals surface area (Å²) in [5.74, 6) is 0.566. The monoisotopic (exact) mass is 416 g/mol. The van der Waals surface area contributed by atoms with Crippen molar-refractivity contribution in [2.45, 2.75) is 25.9 Å².